The van der Waals surface area contributed by atoms with Crippen LogP contribution in [0.4, 0.5) is 0 Å². The summed E-state index contributed by atoms with van der Waals surface area (Å²) < 4.78 is 5.86. The SMILES string of the molecule is CC(=O)c1ccc(-c2nccc3[nH]c(-c4n[nH]c5cnc(-c6cncc(OCCN(C)C)c6)cc45)cc23)s1. The van der Waals surface area contributed by atoms with Crippen LogP contribution in [0.25, 0.3) is 55.0 Å². The highest BCUT2D eigenvalue weighted by atomic mass is 32.1. The molecule has 0 bridgehead atoms. The number of H-pyrrole nitrogens is 2. The molecule has 10 heteroatoms. The van der Waals surface area contributed by atoms with Crippen molar-refractivity contribution in [2.75, 3.05) is 27.2 Å². The highest BCUT2D eigenvalue weighted by molar-refractivity contribution is 7.17. The van der Waals surface area contributed by atoms with Crippen LogP contribution in [0.1, 0.15) is 16.6 Å². The fraction of sp³-hybridized carbons (Fsp3) is 0.179. The molecule has 0 atom stereocenters. The first-order valence-electron chi connectivity index (χ1n) is 12.1. The maximum Gasteiger partial charge on any atom is 0.169 e. The van der Waals surface area contributed by atoms with Crippen LogP contribution in [0.2, 0.25) is 0 Å². The third-order valence-corrected chi connectivity index (χ3v) is 7.45. The largest absolute Gasteiger partial charge is 0.491 e. The minimum Gasteiger partial charge on any atom is -0.491 e. The number of fused-ring (bicyclic) bond motifs is 2. The van der Waals surface area contributed by atoms with Gasteiger partial charge in [-0.2, -0.15) is 5.10 Å². The molecule has 0 amide bonds. The van der Waals surface area contributed by atoms with E-state index in [0.29, 0.717) is 12.4 Å². The summed E-state index contributed by atoms with van der Waals surface area (Å²) in [7, 11) is 4.02. The van der Waals surface area contributed by atoms with E-state index in [1.807, 2.05) is 44.4 Å². The zero-order valence-electron chi connectivity index (χ0n) is 21.1. The van der Waals surface area contributed by atoms with Crippen LogP contribution in [0.3, 0.4) is 0 Å². The number of hydrogen-bond donors (Lipinski definition) is 2. The zero-order valence-corrected chi connectivity index (χ0v) is 22.0. The molecular formula is C28H25N7O2S. The number of nitrogens with zero attached hydrogens (tertiary/aromatic N) is 5. The Morgan fingerprint density at radius 1 is 1.00 bits per heavy atom. The van der Waals surface area contributed by atoms with Crippen molar-refractivity contribution in [1.29, 1.82) is 0 Å². The molecule has 0 aliphatic heterocycles. The third-order valence-electron chi connectivity index (χ3n) is 6.25. The van der Waals surface area contributed by atoms with Gasteiger partial charge in [0.2, 0.25) is 0 Å². The van der Waals surface area contributed by atoms with Gasteiger partial charge in [0.15, 0.2) is 5.78 Å². The average Bonchev–Trinajstić information content (AvgIpc) is 3.66. The summed E-state index contributed by atoms with van der Waals surface area (Å²) in [5.41, 5.74) is 5.90. The van der Waals surface area contributed by atoms with Gasteiger partial charge in [-0.3, -0.25) is 24.8 Å². The maximum absolute atomic E-state index is 11.8. The van der Waals surface area contributed by atoms with E-state index in [2.05, 4.69) is 41.1 Å². The van der Waals surface area contributed by atoms with E-state index < -0.39 is 0 Å². The van der Waals surface area contributed by atoms with Gasteiger partial charge in [0, 0.05) is 40.8 Å². The predicted molar refractivity (Wildman–Crippen MR) is 150 cm³/mol. The number of nitrogens with one attached hydrogen (secondary N) is 2. The number of likely N-dealkylation sites (N-methyl/N-ethyl adjacent to an activating group) is 1. The van der Waals surface area contributed by atoms with Gasteiger partial charge in [-0.15, -0.1) is 11.3 Å². The van der Waals surface area contributed by atoms with Crippen LogP contribution in [0, 0.1) is 0 Å². The number of hydrogen-bond acceptors (Lipinski definition) is 8. The predicted octanol–water partition coefficient (Wildman–Crippen LogP) is 5.43. The second-order valence-electron chi connectivity index (χ2n) is 9.27. The molecule has 0 saturated heterocycles. The highest BCUT2D eigenvalue weighted by Gasteiger charge is 2.17. The van der Waals surface area contributed by atoms with E-state index >= 15 is 0 Å². The summed E-state index contributed by atoms with van der Waals surface area (Å²) in [5.74, 6) is 0.757. The molecule has 6 aromatic heterocycles. The van der Waals surface area contributed by atoms with Crippen LogP contribution in [-0.4, -0.2) is 68.1 Å². The molecule has 2 N–H and O–H groups in total. The monoisotopic (exact) mass is 523 g/mol. The molecule has 38 heavy (non-hydrogen) atoms. The summed E-state index contributed by atoms with van der Waals surface area (Å²) >= 11 is 1.45. The van der Waals surface area contributed by atoms with Crippen molar-refractivity contribution in [1.82, 2.24) is 35.0 Å². The van der Waals surface area contributed by atoms with Gasteiger partial charge in [-0.05, 0) is 57.4 Å². The van der Waals surface area contributed by atoms with Crippen LogP contribution >= 0.6 is 11.3 Å². The molecule has 190 valence electrons. The topological polar surface area (TPSA) is 113 Å². The number of ketones is 1. The van der Waals surface area contributed by atoms with Crippen molar-refractivity contribution in [2.24, 2.45) is 0 Å². The lowest BCUT2D eigenvalue weighted by Gasteiger charge is -2.11. The summed E-state index contributed by atoms with van der Waals surface area (Å²) in [6.45, 7) is 2.97. The van der Waals surface area contributed by atoms with Gasteiger partial charge >= 0.3 is 0 Å². The van der Waals surface area contributed by atoms with Crippen LogP contribution in [-0.2, 0) is 0 Å². The number of aromatic amines is 2. The van der Waals surface area contributed by atoms with Crippen molar-refractivity contribution in [2.45, 2.75) is 6.92 Å². The van der Waals surface area contributed by atoms with Crippen molar-refractivity contribution in [3.05, 3.63) is 66.1 Å². The molecule has 6 rings (SSSR count). The quantitative estimate of drug-likeness (QED) is 0.256. The van der Waals surface area contributed by atoms with Crippen LogP contribution in [0.15, 0.2) is 61.2 Å². The second kappa shape index (κ2) is 9.81. The van der Waals surface area contributed by atoms with E-state index in [0.717, 1.165) is 66.4 Å². The Hall–Kier alpha value is -4.41. The Bertz CT molecular complexity index is 1780. The Kier molecular flexibility index (Phi) is 6.18. The van der Waals surface area contributed by atoms with Crippen molar-refractivity contribution in [3.63, 3.8) is 0 Å². The van der Waals surface area contributed by atoms with Gasteiger partial charge in [0.05, 0.1) is 44.7 Å². The summed E-state index contributed by atoms with van der Waals surface area (Å²) in [4.78, 5) is 32.6. The molecule has 0 aromatic carbocycles. The smallest absolute Gasteiger partial charge is 0.169 e. The molecule has 9 nitrogen and oxygen atoms in total. The third kappa shape index (κ3) is 4.55. The van der Waals surface area contributed by atoms with Gasteiger partial charge < -0.3 is 14.6 Å². The number of carbonyl (C=O) groups is 1. The van der Waals surface area contributed by atoms with Crippen LogP contribution < -0.4 is 4.74 Å². The fourth-order valence-electron chi connectivity index (χ4n) is 4.30. The molecule has 0 radical (unpaired) electrons. The molecule has 0 aliphatic carbocycles. The fourth-order valence-corrected chi connectivity index (χ4v) is 5.21. The Labute approximate surface area is 222 Å². The first-order chi connectivity index (χ1) is 18.5. The number of pyridine rings is 3. The normalized spacial score (nSPS) is 11.6. The molecular weight excluding hydrogens is 498 g/mol. The van der Waals surface area contributed by atoms with Gasteiger partial charge in [0.1, 0.15) is 18.1 Å². The molecule has 0 saturated carbocycles. The minimum absolute atomic E-state index is 0.0523. The minimum atomic E-state index is 0.0523. The van der Waals surface area contributed by atoms with Gasteiger partial charge in [-0.1, -0.05) is 0 Å². The number of aromatic nitrogens is 6. The number of carbonyl (C=O) groups excluding carboxylic acids is 1. The van der Waals surface area contributed by atoms with E-state index in [9.17, 15) is 4.79 Å². The Morgan fingerprint density at radius 2 is 1.87 bits per heavy atom. The first kappa shape index (κ1) is 24.0. The summed E-state index contributed by atoms with van der Waals surface area (Å²) in [6.07, 6.45) is 7.05. The number of thiophene rings is 1. The second-order valence-corrected chi connectivity index (χ2v) is 10.4. The molecule has 0 fully saturated rings. The lowest BCUT2D eigenvalue weighted by Crippen LogP contribution is -2.19. The van der Waals surface area contributed by atoms with Crippen molar-refractivity contribution in [3.8, 4) is 39.0 Å². The number of rotatable bonds is 8. The lowest BCUT2D eigenvalue weighted by atomic mass is 10.1. The number of ether oxygens (including phenoxy) is 1. The maximum atomic E-state index is 11.8. The van der Waals surface area contributed by atoms with E-state index in [1.165, 1.54) is 11.3 Å². The van der Waals surface area contributed by atoms with Gasteiger partial charge in [0.25, 0.3) is 0 Å². The van der Waals surface area contributed by atoms with Crippen molar-refractivity contribution >= 4 is 38.9 Å². The molecule has 6 aromatic rings. The average molecular weight is 524 g/mol. The molecule has 0 aliphatic rings. The van der Waals surface area contributed by atoms with E-state index in [1.54, 1.807) is 31.7 Å². The number of Topliss-reactive ketones (excluding diaryl/α,β-unsaturated/α-hetero) is 1. The van der Waals surface area contributed by atoms with E-state index in [-0.39, 0.29) is 5.78 Å². The standard InChI is InChI=1S/C28H25N7O2S/c1-16(36)25-4-5-26(38-25)28-19-12-23(32-21(19)6-7-30-28)27-20-11-22(31-15-24(20)33-34-27)17-10-18(14-29-13-17)37-9-8-35(2)3/h4-7,10-15,32H,8-9H2,1-3H3,(H,33,34). The highest BCUT2D eigenvalue weighted by Crippen LogP contribution is 2.36. The van der Waals surface area contributed by atoms with Gasteiger partial charge in [-0.25, -0.2) is 0 Å². The zero-order chi connectivity index (χ0) is 26.2. The molecule has 0 unspecified atom stereocenters. The van der Waals surface area contributed by atoms with Crippen LogP contribution in [0.5, 0.6) is 5.75 Å². The summed E-state index contributed by atoms with van der Waals surface area (Å²) in [6, 6.07) is 11.8. The Morgan fingerprint density at radius 3 is 2.68 bits per heavy atom. The molecule has 0 spiro atoms. The summed E-state index contributed by atoms with van der Waals surface area (Å²) in [5, 5.41) is 9.59. The Balaban J connectivity index is 1.37. The first-order valence-corrected chi connectivity index (χ1v) is 12.9. The van der Waals surface area contributed by atoms with Crippen molar-refractivity contribution < 1.29 is 9.53 Å². The lowest BCUT2D eigenvalue weighted by molar-refractivity contribution is 0.102. The molecule has 6 heterocycles. The van der Waals surface area contributed by atoms with E-state index in [4.69, 9.17) is 4.74 Å².